The Kier molecular flexibility index (Phi) is 2.95. The molecule has 0 aromatic carbocycles. The van der Waals surface area contributed by atoms with Gasteiger partial charge >= 0.3 is 12.0 Å². The Bertz CT molecular complexity index is 461. The van der Waals surface area contributed by atoms with Gasteiger partial charge in [-0.2, -0.15) is 0 Å². The Morgan fingerprint density at radius 1 is 1.53 bits per heavy atom. The van der Waals surface area contributed by atoms with Crippen LogP contribution in [0.5, 0.6) is 0 Å². The zero-order valence-electron chi connectivity index (χ0n) is 9.30. The van der Waals surface area contributed by atoms with Gasteiger partial charge in [0.1, 0.15) is 0 Å². The molecule has 0 saturated heterocycles. The number of carbonyl (C=O) groups is 2. The highest BCUT2D eigenvalue weighted by Crippen LogP contribution is 2.28. The van der Waals surface area contributed by atoms with Crippen LogP contribution in [0.25, 0.3) is 0 Å². The van der Waals surface area contributed by atoms with Crippen molar-refractivity contribution >= 4 is 17.7 Å². The van der Waals surface area contributed by atoms with E-state index < -0.39 is 12.0 Å². The number of anilines is 1. The second-order valence-corrected chi connectivity index (χ2v) is 4.12. The van der Waals surface area contributed by atoms with Gasteiger partial charge in [0, 0.05) is 12.2 Å². The minimum absolute atomic E-state index is 0.161. The van der Waals surface area contributed by atoms with E-state index in [1.807, 2.05) is 6.92 Å². The van der Waals surface area contributed by atoms with Gasteiger partial charge in [-0.25, -0.2) is 14.6 Å². The molecule has 0 bridgehead atoms. The zero-order valence-corrected chi connectivity index (χ0v) is 9.30. The molecule has 0 spiro atoms. The van der Waals surface area contributed by atoms with Crippen LogP contribution >= 0.6 is 0 Å². The van der Waals surface area contributed by atoms with Crippen molar-refractivity contribution in [2.75, 3.05) is 5.32 Å². The number of pyridine rings is 1. The molecule has 1 aromatic rings. The van der Waals surface area contributed by atoms with Crippen LogP contribution in [-0.4, -0.2) is 28.1 Å². The number of aromatic nitrogens is 1. The van der Waals surface area contributed by atoms with Gasteiger partial charge < -0.3 is 15.7 Å². The molecule has 2 rings (SSSR count). The third-order valence-corrected chi connectivity index (χ3v) is 2.68. The molecule has 2 unspecified atom stereocenters. The summed E-state index contributed by atoms with van der Waals surface area (Å²) >= 11 is 0. The first-order chi connectivity index (χ1) is 8.08. The Hall–Kier alpha value is -2.11. The van der Waals surface area contributed by atoms with E-state index in [4.69, 9.17) is 5.11 Å². The summed E-state index contributed by atoms with van der Waals surface area (Å²) in [7, 11) is 0. The maximum absolute atomic E-state index is 11.5. The van der Waals surface area contributed by atoms with E-state index in [2.05, 4.69) is 15.6 Å². The van der Waals surface area contributed by atoms with Crippen LogP contribution < -0.4 is 10.6 Å². The predicted octanol–water partition coefficient (Wildman–Crippen LogP) is 1.31. The van der Waals surface area contributed by atoms with Crippen molar-refractivity contribution < 1.29 is 14.7 Å². The molecule has 1 heterocycles. The quantitative estimate of drug-likeness (QED) is 0.736. The summed E-state index contributed by atoms with van der Waals surface area (Å²) in [5.74, 6) is -0.672. The number of nitrogens with zero attached hydrogens (tertiary/aromatic N) is 1. The fraction of sp³-hybridized carbons (Fsp3) is 0.364. The SMILES string of the molecule is CC1CC1NC(=O)Nc1cccnc1C(=O)O. The first-order valence-electron chi connectivity index (χ1n) is 5.33. The number of hydrogen-bond acceptors (Lipinski definition) is 3. The average Bonchev–Trinajstić information content (AvgIpc) is 2.94. The molecular formula is C11H13N3O3. The fourth-order valence-corrected chi connectivity index (χ4v) is 1.53. The molecule has 1 saturated carbocycles. The number of hydrogen-bond donors (Lipinski definition) is 3. The second kappa shape index (κ2) is 4.40. The van der Waals surface area contributed by atoms with Gasteiger partial charge in [0.05, 0.1) is 5.69 Å². The molecule has 0 radical (unpaired) electrons. The third-order valence-electron chi connectivity index (χ3n) is 2.68. The van der Waals surface area contributed by atoms with Gasteiger partial charge in [-0.15, -0.1) is 0 Å². The van der Waals surface area contributed by atoms with Crippen LogP contribution in [0.2, 0.25) is 0 Å². The summed E-state index contributed by atoms with van der Waals surface area (Å²) in [4.78, 5) is 26.1. The maximum atomic E-state index is 11.5. The largest absolute Gasteiger partial charge is 0.476 e. The summed E-state index contributed by atoms with van der Waals surface area (Å²) in [5.41, 5.74) is 0.0392. The molecule has 1 fully saturated rings. The van der Waals surface area contributed by atoms with E-state index in [0.717, 1.165) is 6.42 Å². The molecule has 6 nitrogen and oxygen atoms in total. The summed E-state index contributed by atoms with van der Waals surface area (Å²) in [6.45, 7) is 2.04. The Labute approximate surface area is 98.1 Å². The summed E-state index contributed by atoms with van der Waals surface area (Å²) in [5, 5.41) is 14.1. The summed E-state index contributed by atoms with van der Waals surface area (Å²) in [6, 6.07) is 2.88. The van der Waals surface area contributed by atoms with E-state index in [0.29, 0.717) is 5.92 Å². The first-order valence-corrected chi connectivity index (χ1v) is 5.33. The zero-order chi connectivity index (χ0) is 12.4. The lowest BCUT2D eigenvalue weighted by atomic mass is 10.3. The standard InChI is InChI=1S/C11H13N3O3/c1-6-5-8(6)14-11(17)13-7-3-2-4-12-9(7)10(15)16/h2-4,6,8H,5H2,1H3,(H,15,16)(H2,13,14,17). The number of urea groups is 1. The Morgan fingerprint density at radius 2 is 2.24 bits per heavy atom. The van der Waals surface area contributed by atoms with Crippen LogP contribution in [0.15, 0.2) is 18.3 Å². The Morgan fingerprint density at radius 3 is 2.82 bits per heavy atom. The van der Waals surface area contributed by atoms with Gasteiger partial charge in [-0.3, -0.25) is 0 Å². The van der Waals surface area contributed by atoms with Gasteiger partial charge in [0.15, 0.2) is 5.69 Å². The molecule has 6 heteroatoms. The van der Waals surface area contributed by atoms with Crippen LogP contribution in [-0.2, 0) is 0 Å². The first kappa shape index (κ1) is 11.4. The molecule has 3 N–H and O–H groups in total. The number of carboxylic acids is 1. The van der Waals surface area contributed by atoms with E-state index in [9.17, 15) is 9.59 Å². The third kappa shape index (κ3) is 2.72. The number of amides is 2. The van der Waals surface area contributed by atoms with Crippen molar-refractivity contribution in [3.8, 4) is 0 Å². The molecule has 90 valence electrons. The molecule has 0 aliphatic heterocycles. The topological polar surface area (TPSA) is 91.3 Å². The van der Waals surface area contributed by atoms with E-state index in [-0.39, 0.29) is 17.4 Å². The van der Waals surface area contributed by atoms with Gasteiger partial charge in [-0.05, 0) is 24.5 Å². The predicted molar refractivity (Wildman–Crippen MR) is 60.9 cm³/mol. The summed E-state index contributed by atoms with van der Waals surface area (Å²) in [6.07, 6.45) is 2.34. The monoisotopic (exact) mass is 235 g/mol. The lowest BCUT2D eigenvalue weighted by Gasteiger charge is -2.08. The number of nitrogens with one attached hydrogen (secondary N) is 2. The molecular weight excluding hydrogens is 222 g/mol. The van der Waals surface area contributed by atoms with Crippen molar-refractivity contribution in [2.24, 2.45) is 5.92 Å². The van der Waals surface area contributed by atoms with Crippen LogP contribution in [0.4, 0.5) is 10.5 Å². The van der Waals surface area contributed by atoms with Crippen molar-refractivity contribution in [3.05, 3.63) is 24.0 Å². The van der Waals surface area contributed by atoms with Crippen molar-refractivity contribution in [1.29, 1.82) is 0 Å². The van der Waals surface area contributed by atoms with Gasteiger partial charge in [-0.1, -0.05) is 6.92 Å². The molecule has 1 aromatic heterocycles. The van der Waals surface area contributed by atoms with Crippen LogP contribution in [0.3, 0.4) is 0 Å². The van der Waals surface area contributed by atoms with E-state index in [1.54, 1.807) is 6.07 Å². The van der Waals surface area contributed by atoms with Crippen molar-refractivity contribution in [3.63, 3.8) is 0 Å². The molecule has 1 aliphatic carbocycles. The van der Waals surface area contributed by atoms with Gasteiger partial charge in [0.25, 0.3) is 0 Å². The lowest BCUT2D eigenvalue weighted by Crippen LogP contribution is -2.32. The Balaban J connectivity index is 2.02. The molecule has 2 amide bonds. The van der Waals surface area contributed by atoms with E-state index in [1.165, 1.54) is 12.3 Å². The maximum Gasteiger partial charge on any atom is 0.356 e. The highest BCUT2D eigenvalue weighted by atomic mass is 16.4. The molecule has 2 atom stereocenters. The number of carbonyl (C=O) groups excluding carboxylic acids is 1. The number of aromatic carboxylic acids is 1. The normalized spacial score (nSPS) is 21.7. The number of carboxylic acid groups (broad SMARTS) is 1. The fourth-order valence-electron chi connectivity index (χ4n) is 1.53. The summed E-state index contributed by atoms with van der Waals surface area (Å²) < 4.78 is 0. The highest BCUT2D eigenvalue weighted by molar-refractivity contribution is 5.98. The highest BCUT2D eigenvalue weighted by Gasteiger charge is 2.33. The molecule has 17 heavy (non-hydrogen) atoms. The molecule has 1 aliphatic rings. The van der Waals surface area contributed by atoms with Crippen molar-refractivity contribution in [2.45, 2.75) is 19.4 Å². The van der Waals surface area contributed by atoms with Gasteiger partial charge in [0.2, 0.25) is 0 Å². The van der Waals surface area contributed by atoms with E-state index >= 15 is 0 Å². The minimum Gasteiger partial charge on any atom is -0.476 e. The minimum atomic E-state index is -1.17. The number of rotatable bonds is 3. The smallest absolute Gasteiger partial charge is 0.356 e. The van der Waals surface area contributed by atoms with Crippen LogP contribution in [0.1, 0.15) is 23.8 Å². The second-order valence-electron chi connectivity index (χ2n) is 4.12. The van der Waals surface area contributed by atoms with Crippen LogP contribution in [0, 0.1) is 5.92 Å². The average molecular weight is 235 g/mol. The lowest BCUT2D eigenvalue weighted by molar-refractivity contribution is 0.0692. The van der Waals surface area contributed by atoms with Crippen molar-refractivity contribution in [1.82, 2.24) is 10.3 Å².